The lowest BCUT2D eigenvalue weighted by Gasteiger charge is -2.13. The number of para-hydroxylation sites is 2. The van der Waals surface area contributed by atoms with Crippen molar-refractivity contribution in [3.8, 4) is 0 Å². The van der Waals surface area contributed by atoms with Crippen molar-refractivity contribution in [2.24, 2.45) is 4.99 Å². The molecule has 0 spiro atoms. The Hall–Kier alpha value is -2.16. The van der Waals surface area contributed by atoms with Crippen LogP contribution in [0.1, 0.15) is 17.0 Å². The number of halogens is 2. The number of benzene rings is 2. The van der Waals surface area contributed by atoms with Crippen LogP contribution >= 0.6 is 24.0 Å². The van der Waals surface area contributed by atoms with Gasteiger partial charge in [0.05, 0.1) is 11.0 Å². The van der Waals surface area contributed by atoms with Gasteiger partial charge in [0.15, 0.2) is 5.96 Å². The molecule has 0 aliphatic rings. The van der Waals surface area contributed by atoms with Crippen molar-refractivity contribution in [3.05, 3.63) is 65.2 Å². The number of fused-ring (bicyclic) bond motifs is 1. The Labute approximate surface area is 176 Å². The number of aromatic nitrogens is 2. The van der Waals surface area contributed by atoms with Crippen molar-refractivity contribution in [1.29, 1.82) is 0 Å². The highest BCUT2D eigenvalue weighted by Crippen LogP contribution is 2.14. The number of guanidine groups is 1. The number of nitrogens with one attached hydrogen (secondary N) is 2. The molecule has 0 aliphatic carbocycles. The molecular formula is C20H25FIN5. The topological polar surface area (TPSA) is 54.2 Å². The van der Waals surface area contributed by atoms with Crippen LogP contribution in [0.5, 0.6) is 0 Å². The van der Waals surface area contributed by atoms with Crippen molar-refractivity contribution in [2.75, 3.05) is 13.6 Å². The van der Waals surface area contributed by atoms with Gasteiger partial charge in [-0.3, -0.25) is 4.99 Å². The van der Waals surface area contributed by atoms with Crippen LogP contribution in [0.25, 0.3) is 11.0 Å². The molecule has 27 heavy (non-hydrogen) atoms. The summed E-state index contributed by atoms with van der Waals surface area (Å²) in [4.78, 5) is 8.80. The van der Waals surface area contributed by atoms with Crippen molar-refractivity contribution in [3.63, 3.8) is 0 Å². The highest BCUT2D eigenvalue weighted by atomic mass is 127. The summed E-state index contributed by atoms with van der Waals surface area (Å²) in [6.07, 6.45) is 0. The third-order valence-electron chi connectivity index (χ3n) is 4.39. The molecule has 1 aromatic heterocycles. The molecule has 0 radical (unpaired) electrons. The molecule has 3 aromatic rings. The van der Waals surface area contributed by atoms with E-state index in [1.807, 2.05) is 31.2 Å². The molecule has 144 valence electrons. The van der Waals surface area contributed by atoms with Crippen LogP contribution in [-0.4, -0.2) is 29.1 Å². The molecule has 0 amide bonds. The first-order valence-corrected chi connectivity index (χ1v) is 8.70. The SMILES string of the molecule is CN=C(NCCn1c(C)nc2ccccc21)NCc1ccc(C)c(F)c1.I. The number of aliphatic imine (C=N–C) groups is 1. The summed E-state index contributed by atoms with van der Waals surface area (Å²) in [6, 6.07) is 13.4. The first kappa shape index (κ1) is 21.1. The fourth-order valence-electron chi connectivity index (χ4n) is 2.92. The largest absolute Gasteiger partial charge is 0.355 e. The summed E-state index contributed by atoms with van der Waals surface area (Å²) in [5, 5.41) is 6.50. The number of aryl methyl sites for hydroxylation is 2. The van der Waals surface area contributed by atoms with E-state index in [1.165, 1.54) is 0 Å². The zero-order valence-corrected chi connectivity index (χ0v) is 18.1. The minimum Gasteiger partial charge on any atom is -0.355 e. The molecule has 0 bridgehead atoms. The number of nitrogens with zero attached hydrogens (tertiary/aromatic N) is 3. The lowest BCUT2D eigenvalue weighted by molar-refractivity contribution is 0.615. The van der Waals surface area contributed by atoms with Crippen molar-refractivity contribution >= 4 is 41.0 Å². The Balaban J connectivity index is 0.00000261. The van der Waals surface area contributed by atoms with Gasteiger partial charge in [-0.25, -0.2) is 9.37 Å². The minimum absolute atomic E-state index is 0. The van der Waals surface area contributed by atoms with Crippen molar-refractivity contribution < 1.29 is 4.39 Å². The van der Waals surface area contributed by atoms with Gasteiger partial charge in [0.25, 0.3) is 0 Å². The maximum atomic E-state index is 13.6. The van der Waals surface area contributed by atoms with E-state index >= 15 is 0 Å². The van der Waals surface area contributed by atoms with Crippen LogP contribution < -0.4 is 10.6 Å². The molecule has 2 N–H and O–H groups in total. The predicted molar refractivity (Wildman–Crippen MR) is 119 cm³/mol. The average Bonchev–Trinajstić information content (AvgIpc) is 2.96. The molecular weight excluding hydrogens is 456 g/mol. The van der Waals surface area contributed by atoms with Gasteiger partial charge < -0.3 is 15.2 Å². The van der Waals surface area contributed by atoms with Crippen molar-refractivity contribution in [1.82, 2.24) is 20.2 Å². The molecule has 7 heteroatoms. The molecule has 0 atom stereocenters. The van der Waals surface area contributed by atoms with Crippen LogP contribution in [0.3, 0.4) is 0 Å². The summed E-state index contributed by atoms with van der Waals surface area (Å²) in [7, 11) is 1.73. The Morgan fingerprint density at radius 2 is 1.93 bits per heavy atom. The van der Waals surface area contributed by atoms with E-state index in [1.54, 1.807) is 26.1 Å². The zero-order chi connectivity index (χ0) is 18.5. The van der Waals surface area contributed by atoms with Crippen molar-refractivity contribution in [2.45, 2.75) is 26.9 Å². The fourth-order valence-corrected chi connectivity index (χ4v) is 2.92. The van der Waals surface area contributed by atoms with Gasteiger partial charge >= 0.3 is 0 Å². The lowest BCUT2D eigenvalue weighted by atomic mass is 10.1. The van der Waals surface area contributed by atoms with E-state index in [0.717, 1.165) is 29.0 Å². The smallest absolute Gasteiger partial charge is 0.191 e. The summed E-state index contributed by atoms with van der Waals surface area (Å²) >= 11 is 0. The van der Waals surface area contributed by atoms with Gasteiger partial charge in [0, 0.05) is 26.7 Å². The van der Waals surface area contributed by atoms with Crippen LogP contribution in [0.2, 0.25) is 0 Å². The summed E-state index contributed by atoms with van der Waals surface area (Å²) in [6.45, 7) is 5.78. The first-order chi connectivity index (χ1) is 12.6. The molecule has 3 rings (SSSR count). The fraction of sp³-hybridized carbons (Fsp3) is 0.300. The van der Waals surface area contributed by atoms with E-state index in [2.05, 4.69) is 31.2 Å². The van der Waals surface area contributed by atoms with Gasteiger partial charge in [-0.1, -0.05) is 24.3 Å². The predicted octanol–water partition coefficient (Wildman–Crippen LogP) is 3.78. The normalized spacial score (nSPS) is 11.3. The zero-order valence-electron chi connectivity index (χ0n) is 15.8. The van der Waals surface area contributed by atoms with Gasteiger partial charge in [-0.15, -0.1) is 24.0 Å². The molecule has 0 fully saturated rings. The first-order valence-electron chi connectivity index (χ1n) is 8.70. The second-order valence-corrected chi connectivity index (χ2v) is 6.24. The van der Waals surface area contributed by atoms with E-state index in [0.29, 0.717) is 24.6 Å². The maximum Gasteiger partial charge on any atom is 0.191 e. The monoisotopic (exact) mass is 481 g/mol. The van der Waals surface area contributed by atoms with E-state index in [-0.39, 0.29) is 29.8 Å². The highest BCUT2D eigenvalue weighted by molar-refractivity contribution is 14.0. The van der Waals surface area contributed by atoms with E-state index in [4.69, 9.17) is 0 Å². The second kappa shape index (κ2) is 9.68. The minimum atomic E-state index is -0.185. The highest BCUT2D eigenvalue weighted by Gasteiger charge is 2.07. The number of imidazole rings is 1. The van der Waals surface area contributed by atoms with Crippen LogP contribution in [0, 0.1) is 19.7 Å². The molecule has 0 unspecified atom stereocenters. The third-order valence-corrected chi connectivity index (χ3v) is 4.39. The number of hydrogen-bond acceptors (Lipinski definition) is 2. The molecule has 5 nitrogen and oxygen atoms in total. The molecule has 0 saturated heterocycles. The van der Waals surface area contributed by atoms with Gasteiger partial charge in [-0.05, 0) is 43.2 Å². The number of rotatable bonds is 5. The van der Waals surface area contributed by atoms with Gasteiger partial charge in [0.2, 0.25) is 0 Å². The Morgan fingerprint density at radius 3 is 2.67 bits per heavy atom. The number of hydrogen-bond donors (Lipinski definition) is 2. The average molecular weight is 481 g/mol. The Kier molecular flexibility index (Phi) is 7.58. The molecule has 0 aliphatic heterocycles. The summed E-state index contributed by atoms with van der Waals surface area (Å²) in [5.74, 6) is 1.49. The van der Waals surface area contributed by atoms with Crippen LogP contribution in [-0.2, 0) is 13.1 Å². The molecule has 2 aromatic carbocycles. The molecule has 0 saturated carbocycles. The maximum absolute atomic E-state index is 13.6. The van der Waals surface area contributed by atoms with Crippen LogP contribution in [0.15, 0.2) is 47.5 Å². The molecule has 1 heterocycles. The second-order valence-electron chi connectivity index (χ2n) is 6.24. The van der Waals surface area contributed by atoms with Gasteiger partial charge in [-0.2, -0.15) is 0 Å². The Bertz CT molecular complexity index is 935. The standard InChI is InChI=1S/C20H24FN5.HI/c1-14-8-9-16(12-17(14)21)13-24-20(22-3)23-10-11-26-15(2)25-18-6-4-5-7-19(18)26;/h4-9,12H,10-11,13H2,1-3H3,(H2,22,23,24);1H. The Morgan fingerprint density at radius 1 is 1.15 bits per heavy atom. The van der Waals surface area contributed by atoms with E-state index < -0.39 is 0 Å². The van der Waals surface area contributed by atoms with Crippen LogP contribution in [0.4, 0.5) is 4.39 Å². The van der Waals surface area contributed by atoms with E-state index in [9.17, 15) is 4.39 Å². The third kappa shape index (κ3) is 5.18. The summed E-state index contributed by atoms with van der Waals surface area (Å²) < 4.78 is 15.8. The summed E-state index contributed by atoms with van der Waals surface area (Å²) in [5.41, 5.74) is 3.67. The quantitative estimate of drug-likeness (QED) is 0.332. The van der Waals surface area contributed by atoms with Gasteiger partial charge in [0.1, 0.15) is 11.6 Å². The lowest BCUT2D eigenvalue weighted by Crippen LogP contribution is -2.38.